The summed E-state index contributed by atoms with van der Waals surface area (Å²) in [5.74, 6) is 2.35. The van der Waals surface area contributed by atoms with Gasteiger partial charge in [-0.3, -0.25) is 4.99 Å². The smallest absolute Gasteiger partial charge is 0.191 e. The highest BCUT2D eigenvalue weighted by Gasteiger charge is 2.09. The summed E-state index contributed by atoms with van der Waals surface area (Å²) < 4.78 is 11.0. The van der Waals surface area contributed by atoms with Gasteiger partial charge in [-0.2, -0.15) is 0 Å². The Hall–Kier alpha value is -1.74. The van der Waals surface area contributed by atoms with Gasteiger partial charge in [-0.15, -0.1) is 24.0 Å². The van der Waals surface area contributed by atoms with Crippen molar-refractivity contribution < 1.29 is 14.3 Å². The highest BCUT2D eigenvalue weighted by atomic mass is 127. The van der Waals surface area contributed by atoms with Crippen LogP contribution in [-0.2, 0) is 6.42 Å². The first-order valence-electron chi connectivity index (χ1n) is 9.07. The minimum Gasteiger partial charge on any atom is -0.491 e. The first-order chi connectivity index (χ1) is 12.6. The van der Waals surface area contributed by atoms with Crippen molar-refractivity contribution in [1.29, 1.82) is 0 Å². The van der Waals surface area contributed by atoms with Crippen LogP contribution < -0.4 is 15.4 Å². The molecule has 0 aliphatic rings. The third kappa shape index (κ3) is 8.66. The van der Waals surface area contributed by atoms with Crippen LogP contribution in [0.25, 0.3) is 0 Å². The van der Waals surface area contributed by atoms with Gasteiger partial charge in [0.1, 0.15) is 11.5 Å². The topological polar surface area (TPSA) is 79.0 Å². The van der Waals surface area contributed by atoms with Crippen molar-refractivity contribution in [2.24, 2.45) is 4.99 Å². The standard InChI is InChI=1S/C20H29N3O3.HI/c1-4-21-20(22-11-10-17-9-6-12-25-17)23-14-19(24)16-7-5-8-18(13-16)26-15(2)3;/h5-9,12-13,15,19,24H,4,10-11,14H2,1-3H3,(H2,21,22,23);1H. The number of aliphatic hydroxyl groups excluding tert-OH is 1. The molecule has 1 atom stereocenters. The van der Waals surface area contributed by atoms with Gasteiger partial charge in [0.05, 0.1) is 25.0 Å². The van der Waals surface area contributed by atoms with E-state index in [2.05, 4.69) is 15.6 Å². The molecule has 0 aliphatic heterocycles. The van der Waals surface area contributed by atoms with E-state index in [4.69, 9.17) is 9.15 Å². The largest absolute Gasteiger partial charge is 0.491 e. The normalized spacial score (nSPS) is 12.4. The molecule has 0 saturated carbocycles. The van der Waals surface area contributed by atoms with Crippen molar-refractivity contribution in [3.8, 4) is 5.75 Å². The summed E-state index contributed by atoms with van der Waals surface area (Å²) in [5.41, 5.74) is 0.790. The molecule has 0 aliphatic carbocycles. The molecule has 2 aromatic rings. The van der Waals surface area contributed by atoms with E-state index >= 15 is 0 Å². The number of halogens is 1. The van der Waals surface area contributed by atoms with Gasteiger partial charge >= 0.3 is 0 Å². The summed E-state index contributed by atoms with van der Waals surface area (Å²) >= 11 is 0. The number of aliphatic imine (C=N–C) groups is 1. The Bertz CT molecular complexity index is 675. The van der Waals surface area contributed by atoms with Gasteiger partial charge in [-0.25, -0.2) is 0 Å². The summed E-state index contributed by atoms with van der Waals surface area (Å²) in [6, 6.07) is 11.3. The van der Waals surface area contributed by atoms with E-state index in [1.807, 2.05) is 57.2 Å². The maximum atomic E-state index is 10.4. The molecule has 27 heavy (non-hydrogen) atoms. The molecule has 0 radical (unpaired) electrons. The van der Waals surface area contributed by atoms with Crippen LogP contribution in [0.1, 0.15) is 38.2 Å². The summed E-state index contributed by atoms with van der Waals surface area (Å²) in [7, 11) is 0. The fraction of sp³-hybridized carbons (Fsp3) is 0.450. The Balaban J connectivity index is 0.00000364. The average Bonchev–Trinajstić information content (AvgIpc) is 3.12. The van der Waals surface area contributed by atoms with Crippen LogP contribution in [0.4, 0.5) is 0 Å². The summed E-state index contributed by atoms with van der Waals surface area (Å²) in [6.07, 6.45) is 1.85. The Morgan fingerprint density at radius 2 is 2.04 bits per heavy atom. The molecule has 1 aromatic heterocycles. The van der Waals surface area contributed by atoms with Gasteiger partial charge in [0.25, 0.3) is 0 Å². The second-order valence-corrected chi connectivity index (χ2v) is 6.23. The van der Waals surface area contributed by atoms with Crippen LogP contribution in [0.15, 0.2) is 52.1 Å². The van der Waals surface area contributed by atoms with Crippen molar-refractivity contribution in [2.75, 3.05) is 19.6 Å². The van der Waals surface area contributed by atoms with Crippen LogP contribution in [0.5, 0.6) is 5.75 Å². The van der Waals surface area contributed by atoms with E-state index < -0.39 is 6.10 Å². The zero-order chi connectivity index (χ0) is 18.8. The zero-order valence-electron chi connectivity index (χ0n) is 16.1. The molecule has 2 rings (SSSR count). The molecule has 1 heterocycles. The maximum absolute atomic E-state index is 10.4. The van der Waals surface area contributed by atoms with E-state index in [1.165, 1.54) is 0 Å². The molecule has 6 nitrogen and oxygen atoms in total. The van der Waals surface area contributed by atoms with Gasteiger partial charge in [0.2, 0.25) is 0 Å². The lowest BCUT2D eigenvalue weighted by Gasteiger charge is -2.15. The first kappa shape index (κ1) is 23.3. The van der Waals surface area contributed by atoms with Crippen molar-refractivity contribution >= 4 is 29.9 Å². The van der Waals surface area contributed by atoms with Crippen LogP contribution in [-0.4, -0.2) is 36.8 Å². The van der Waals surface area contributed by atoms with Crippen molar-refractivity contribution in [3.63, 3.8) is 0 Å². The zero-order valence-corrected chi connectivity index (χ0v) is 18.5. The van der Waals surface area contributed by atoms with Crippen LogP contribution in [0.3, 0.4) is 0 Å². The third-order valence-electron chi connectivity index (χ3n) is 3.63. The fourth-order valence-electron chi connectivity index (χ4n) is 2.45. The minimum atomic E-state index is -0.689. The third-order valence-corrected chi connectivity index (χ3v) is 3.63. The molecular weight excluding hydrogens is 457 g/mol. The Morgan fingerprint density at radius 1 is 1.22 bits per heavy atom. The number of guanidine groups is 1. The number of ether oxygens (including phenoxy) is 1. The van der Waals surface area contributed by atoms with Crippen LogP contribution >= 0.6 is 24.0 Å². The highest BCUT2D eigenvalue weighted by Crippen LogP contribution is 2.20. The maximum Gasteiger partial charge on any atom is 0.191 e. The van der Waals surface area contributed by atoms with Gasteiger partial charge < -0.3 is 24.9 Å². The number of nitrogens with zero attached hydrogens (tertiary/aromatic N) is 1. The number of rotatable bonds is 9. The first-order valence-corrected chi connectivity index (χ1v) is 9.07. The minimum absolute atomic E-state index is 0. The number of benzene rings is 1. The molecule has 0 fully saturated rings. The predicted octanol–water partition coefficient (Wildman–Crippen LogP) is 3.52. The molecule has 1 unspecified atom stereocenters. The summed E-state index contributed by atoms with van der Waals surface area (Å²) in [5, 5.41) is 16.9. The summed E-state index contributed by atoms with van der Waals surface area (Å²) in [6.45, 7) is 7.68. The number of furan rings is 1. The monoisotopic (exact) mass is 487 g/mol. The number of hydrogen-bond donors (Lipinski definition) is 3. The Kier molecular flexibility index (Phi) is 10.9. The van der Waals surface area contributed by atoms with Gasteiger partial charge in [-0.1, -0.05) is 12.1 Å². The van der Waals surface area contributed by atoms with Crippen LogP contribution in [0, 0.1) is 0 Å². The van der Waals surface area contributed by atoms with Gasteiger partial charge in [0.15, 0.2) is 5.96 Å². The predicted molar refractivity (Wildman–Crippen MR) is 119 cm³/mol. The summed E-state index contributed by atoms with van der Waals surface area (Å²) in [4.78, 5) is 4.47. The lowest BCUT2D eigenvalue weighted by atomic mass is 10.1. The lowest BCUT2D eigenvalue weighted by Crippen LogP contribution is -2.38. The molecule has 7 heteroatoms. The number of nitrogens with one attached hydrogen (secondary N) is 2. The van der Waals surface area contributed by atoms with Crippen molar-refractivity contribution in [2.45, 2.75) is 39.4 Å². The van der Waals surface area contributed by atoms with E-state index in [0.29, 0.717) is 12.5 Å². The van der Waals surface area contributed by atoms with Crippen molar-refractivity contribution in [3.05, 3.63) is 54.0 Å². The lowest BCUT2D eigenvalue weighted by molar-refractivity contribution is 0.185. The van der Waals surface area contributed by atoms with E-state index in [9.17, 15) is 5.11 Å². The van der Waals surface area contributed by atoms with E-state index in [1.54, 1.807) is 6.26 Å². The van der Waals surface area contributed by atoms with Crippen molar-refractivity contribution in [1.82, 2.24) is 10.6 Å². The SMILES string of the molecule is CCNC(=NCC(O)c1cccc(OC(C)C)c1)NCCc1ccco1.I. The average molecular weight is 487 g/mol. The molecule has 150 valence electrons. The van der Waals surface area contributed by atoms with Gasteiger partial charge in [0, 0.05) is 19.5 Å². The van der Waals surface area contributed by atoms with E-state index in [0.717, 1.165) is 30.0 Å². The molecule has 3 N–H and O–H groups in total. The Morgan fingerprint density at radius 3 is 2.70 bits per heavy atom. The number of aliphatic hydroxyl groups is 1. The molecule has 0 saturated heterocycles. The second-order valence-electron chi connectivity index (χ2n) is 6.23. The van der Waals surface area contributed by atoms with Gasteiger partial charge in [-0.05, 0) is 50.6 Å². The van der Waals surface area contributed by atoms with E-state index in [-0.39, 0.29) is 36.6 Å². The number of hydrogen-bond acceptors (Lipinski definition) is 4. The highest BCUT2D eigenvalue weighted by molar-refractivity contribution is 14.0. The van der Waals surface area contributed by atoms with Crippen LogP contribution in [0.2, 0.25) is 0 Å². The molecular formula is C20H30IN3O3. The molecule has 1 aromatic carbocycles. The molecule has 0 amide bonds. The molecule has 0 bridgehead atoms. The fourth-order valence-corrected chi connectivity index (χ4v) is 2.45. The Labute approximate surface area is 178 Å². The molecule has 0 spiro atoms. The second kappa shape index (κ2) is 12.6. The quantitative estimate of drug-likeness (QED) is 0.287.